The number of alkyl halides is 2. The van der Waals surface area contributed by atoms with Crippen LogP contribution in [-0.2, 0) is 0 Å². The molecule has 1 aromatic carbocycles. The van der Waals surface area contributed by atoms with Crippen LogP contribution in [0.15, 0.2) is 23.1 Å². The van der Waals surface area contributed by atoms with Gasteiger partial charge in [-0.15, -0.1) is 12.6 Å². The van der Waals surface area contributed by atoms with E-state index >= 15 is 0 Å². The second-order valence-corrected chi connectivity index (χ2v) is 5.54. The number of benzene rings is 1. The molecule has 0 N–H and O–H groups in total. The predicted molar refractivity (Wildman–Crippen MR) is 70.7 cm³/mol. The van der Waals surface area contributed by atoms with E-state index in [1.54, 1.807) is 6.07 Å². The van der Waals surface area contributed by atoms with Gasteiger partial charge >= 0.3 is 0 Å². The van der Waals surface area contributed by atoms with Crippen molar-refractivity contribution in [3.8, 4) is 5.75 Å². The van der Waals surface area contributed by atoms with Gasteiger partial charge in [0, 0.05) is 10.2 Å². The molecule has 0 saturated heterocycles. The predicted octanol–water partition coefficient (Wildman–Crippen LogP) is 4.17. The largest absolute Gasteiger partial charge is 0.491 e. The van der Waals surface area contributed by atoms with Gasteiger partial charge < -0.3 is 4.74 Å². The van der Waals surface area contributed by atoms with Crippen LogP contribution in [0.25, 0.3) is 0 Å². The van der Waals surface area contributed by atoms with Gasteiger partial charge in [-0.2, -0.15) is 0 Å². The molecule has 5 heteroatoms. The molecular weight excluding hydrogens is 351 g/mol. The summed E-state index contributed by atoms with van der Waals surface area (Å²) in [6.07, 6.45) is 0. The molecule has 0 aliphatic heterocycles. The lowest BCUT2D eigenvalue weighted by atomic mass is 10.3. The van der Waals surface area contributed by atoms with Crippen molar-refractivity contribution in [1.29, 1.82) is 0 Å². The minimum absolute atomic E-state index is 0.286. The Morgan fingerprint density at radius 3 is 2.79 bits per heavy atom. The third-order valence-corrected chi connectivity index (χ3v) is 4.31. The van der Waals surface area contributed by atoms with Crippen molar-refractivity contribution >= 4 is 56.1 Å². The molecule has 1 aromatic rings. The van der Waals surface area contributed by atoms with Gasteiger partial charge in [-0.3, -0.25) is 0 Å². The van der Waals surface area contributed by atoms with E-state index in [1.165, 1.54) is 0 Å². The van der Waals surface area contributed by atoms with Gasteiger partial charge in [-0.1, -0.05) is 43.5 Å². The first kappa shape index (κ1) is 12.7. The molecule has 1 unspecified atom stereocenters. The highest BCUT2D eigenvalue weighted by Crippen LogP contribution is 2.27. The summed E-state index contributed by atoms with van der Waals surface area (Å²) >= 11 is 16.9. The van der Waals surface area contributed by atoms with Gasteiger partial charge in [-0.25, -0.2) is 0 Å². The molecule has 0 saturated carbocycles. The number of halogens is 3. The first-order chi connectivity index (χ1) is 6.63. The Bertz CT molecular complexity index is 309. The third kappa shape index (κ3) is 4.01. The molecule has 78 valence electrons. The first-order valence-electron chi connectivity index (χ1n) is 3.95. The summed E-state index contributed by atoms with van der Waals surface area (Å²) in [5.41, 5.74) is 0. The van der Waals surface area contributed by atoms with Crippen molar-refractivity contribution in [2.45, 2.75) is 9.72 Å². The lowest BCUT2D eigenvalue weighted by Gasteiger charge is -2.10. The lowest BCUT2D eigenvalue weighted by Crippen LogP contribution is -2.12. The minimum Gasteiger partial charge on any atom is -0.491 e. The van der Waals surface area contributed by atoms with Crippen molar-refractivity contribution in [3.63, 3.8) is 0 Å². The van der Waals surface area contributed by atoms with Crippen LogP contribution >= 0.6 is 56.1 Å². The molecule has 0 bridgehead atoms. The Hall–Kier alpha value is 0.620. The zero-order valence-electron chi connectivity index (χ0n) is 7.21. The van der Waals surface area contributed by atoms with Gasteiger partial charge in [0.25, 0.3) is 0 Å². The average molecular weight is 360 g/mol. The summed E-state index contributed by atoms with van der Waals surface area (Å²) < 4.78 is 5.50. The quantitative estimate of drug-likeness (QED) is 0.626. The number of thiol groups is 1. The fourth-order valence-electron chi connectivity index (χ4n) is 0.832. The van der Waals surface area contributed by atoms with Crippen LogP contribution in [-0.4, -0.2) is 16.8 Å². The molecule has 0 aromatic heterocycles. The zero-order valence-corrected chi connectivity index (χ0v) is 12.0. The third-order valence-electron chi connectivity index (χ3n) is 1.50. The van der Waals surface area contributed by atoms with Crippen LogP contribution < -0.4 is 4.74 Å². The highest BCUT2D eigenvalue weighted by molar-refractivity contribution is 9.12. The molecule has 1 rings (SSSR count). The van der Waals surface area contributed by atoms with Crippen LogP contribution in [0.1, 0.15) is 0 Å². The minimum atomic E-state index is 0.286. The van der Waals surface area contributed by atoms with E-state index in [-0.39, 0.29) is 4.83 Å². The lowest BCUT2D eigenvalue weighted by molar-refractivity contribution is 0.325. The Balaban J connectivity index is 2.59. The first-order valence-corrected chi connectivity index (χ1v) is 6.81. The highest BCUT2D eigenvalue weighted by atomic mass is 79.9. The van der Waals surface area contributed by atoms with E-state index in [9.17, 15) is 0 Å². The van der Waals surface area contributed by atoms with Crippen LogP contribution in [0.5, 0.6) is 5.75 Å². The van der Waals surface area contributed by atoms with E-state index < -0.39 is 0 Å². The van der Waals surface area contributed by atoms with E-state index in [2.05, 4.69) is 44.5 Å². The summed E-state index contributed by atoms with van der Waals surface area (Å²) in [6.45, 7) is 0.580. The van der Waals surface area contributed by atoms with Crippen molar-refractivity contribution in [1.82, 2.24) is 0 Å². The SMILES string of the molecule is Sc1ccc(OCC(Br)CBr)c(Cl)c1. The van der Waals surface area contributed by atoms with E-state index in [0.717, 1.165) is 10.2 Å². The molecule has 0 aliphatic carbocycles. The van der Waals surface area contributed by atoms with Gasteiger partial charge in [0.2, 0.25) is 0 Å². The summed E-state index contributed by atoms with van der Waals surface area (Å²) in [6, 6.07) is 5.43. The van der Waals surface area contributed by atoms with Gasteiger partial charge in [0.15, 0.2) is 0 Å². The normalized spacial score (nSPS) is 12.6. The fourth-order valence-corrected chi connectivity index (χ4v) is 1.67. The smallest absolute Gasteiger partial charge is 0.138 e. The summed E-state index contributed by atoms with van der Waals surface area (Å²) in [5.74, 6) is 0.690. The average Bonchev–Trinajstić information content (AvgIpc) is 2.16. The van der Waals surface area contributed by atoms with Crippen molar-refractivity contribution in [2.75, 3.05) is 11.9 Å². The zero-order chi connectivity index (χ0) is 10.6. The molecule has 1 atom stereocenters. The van der Waals surface area contributed by atoms with Crippen molar-refractivity contribution in [2.24, 2.45) is 0 Å². The van der Waals surface area contributed by atoms with Crippen LogP contribution in [0.3, 0.4) is 0 Å². The number of hydrogen-bond acceptors (Lipinski definition) is 2. The highest BCUT2D eigenvalue weighted by Gasteiger charge is 2.05. The summed E-state index contributed by atoms with van der Waals surface area (Å²) in [7, 11) is 0. The van der Waals surface area contributed by atoms with Gasteiger partial charge in [-0.05, 0) is 18.2 Å². The second kappa shape index (κ2) is 6.26. The number of rotatable bonds is 4. The monoisotopic (exact) mass is 358 g/mol. The van der Waals surface area contributed by atoms with Crippen LogP contribution in [0, 0.1) is 0 Å². The Morgan fingerprint density at radius 2 is 2.21 bits per heavy atom. The van der Waals surface area contributed by atoms with Gasteiger partial charge in [0.05, 0.1) is 9.85 Å². The van der Waals surface area contributed by atoms with E-state index in [1.807, 2.05) is 12.1 Å². The molecule has 0 radical (unpaired) electrons. The maximum atomic E-state index is 5.96. The van der Waals surface area contributed by atoms with Crippen molar-refractivity contribution < 1.29 is 4.74 Å². The molecule has 0 fully saturated rings. The standard InChI is InChI=1S/C9H9Br2ClOS/c10-4-6(11)5-13-9-2-1-7(14)3-8(9)12/h1-3,6,14H,4-5H2. The van der Waals surface area contributed by atoms with Crippen LogP contribution in [0.2, 0.25) is 5.02 Å². The summed E-state index contributed by atoms with van der Waals surface area (Å²) in [4.78, 5) is 1.12. The van der Waals surface area contributed by atoms with E-state index in [0.29, 0.717) is 17.4 Å². The molecule has 14 heavy (non-hydrogen) atoms. The summed E-state index contributed by atoms with van der Waals surface area (Å²) in [5, 5.41) is 1.43. The Morgan fingerprint density at radius 1 is 1.50 bits per heavy atom. The maximum Gasteiger partial charge on any atom is 0.138 e. The molecule has 0 aliphatic rings. The Kier molecular flexibility index (Phi) is 5.67. The molecular formula is C9H9Br2ClOS. The molecule has 0 heterocycles. The van der Waals surface area contributed by atoms with E-state index in [4.69, 9.17) is 16.3 Å². The topological polar surface area (TPSA) is 9.23 Å². The molecule has 0 amide bonds. The number of hydrogen-bond donors (Lipinski definition) is 1. The molecule has 0 spiro atoms. The van der Waals surface area contributed by atoms with Crippen LogP contribution in [0.4, 0.5) is 0 Å². The second-order valence-electron chi connectivity index (χ2n) is 2.68. The fraction of sp³-hybridized carbons (Fsp3) is 0.333. The van der Waals surface area contributed by atoms with Crippen molar-refractivity contribution in [3.05, 3.63) is 23.2 Å². The molecule has 1 nitrogen and oxygen atoms in total. The van der Waals surface area contributed by atoms with Gasteiger partial charge in [0.1, 0.15) is 12.4 Å². The number of ether oxygens (including phenoxy) is 1. The maximum absolute atomic E-state index is 5.96. The Labute approximate surface area is 111 Å².